The number of rotatable bonds is 6. The molecule has 0 bridgehead atoms. The number of hydrogen-bond donors (Lipinski definition) is 2. The summed E-state index contributed by atoms with van der Waals surface area (Å²) in [5.41, 5.74) is 3.34. The van der Waals surface area contributed by atoms with Crippen LogP contribution in [0.2, 0.25) is 0 Å². The van der Waals surface area contributed by atoms with Crippen LogP contribution in [0.15, 0.2) is 70.4 Å². The molecular weight excluding hydrogens is 479 g/mol. The SMILES string of the molecule is CCN(C(=O)c1cn(-c2ccccc2C(F)(F)F)nn1)c1c(N)n(Cc2ccccc2)c(=O)[nH]c1=O. The summed E-state index contributed by atoms with van der Waals surface area (Å²) in [6, 6.07) is 13.5. The van der Waals surface area contributed by atoms with Crippen molar-refractivity contribution in [3.63, 3.8) is 0 Å². The van der Waals surface area contributed by atoms with Gasteiger partial charge in [0.05, 0.1) is 24.0 Å². The fraction of sp³-hybridized carbons (Fsp3) is 0.174. The molecule has 3 N–H and O–H groups in total. The second kappa shape index (κ2) is 9.52. The van der Waals surface area contributed by atoms with E-state index in [0.29, 0.717) is 0 Å². The van der Waals surface area contributed by atoms with Crippen LogP contribution in [0, 0.1) is 0 Å². The lowest BCUT2D eigenvalue weighted by Gasteiger charge is -2.22. The molecule has 1 amide bonds. The third kappa shape index (κ3) is 4.62. The number of nitrogens with zero attached hydrogens (tertiary/aromatic N) is 5. The molecule has 0 radical (unpaired) electrons. The minimum Gasteiger partial charge on any atom is -0.383 e. The average molecular weight is 499 g/mol. The molecule has 4 rings (SSSR count). The number of carbonyl (C=O) groups is 1. The van der Waals surface area contributed by atoms with Gasteiger partial charge in [0, 0.05) is 6.54 Å². The number of amides is 1. The van der Waals surface area contributed by atoms with Crippen molar-refractivity contribution in [2.24, 2.45) is 0 Å². The molecule has 0 aliphatic heterocycles. The number of alkyl halides is 3. The quantitative estimate of drug-likeness (QED) is 0.419. The Bertz CT molecular complexity index is 1520. The summed E-state index contributed by atoms with van der Waals surface area (Å²) in [6.45, 7) is 1.54. The van der Waals surface area contributed by atoms with Gasteiger partial charge in [-0.05, 0) is 24.6 Å². The summed E-state index contributed by atoms with van der Waals surface area (Å²) in [6.07, 6.45) is -3.63. The Morgan fingerprint density at radius 3 is 2.42 bits per heavy atom. The van der Waals surface area contributed by atoms with Gasteiger partial charge in [0.25, 0.3) is 11.5 Å². The van der Waals surface area contributed by atoms with E-state index in [1.165, 1.54) is 18.2 Å². The highest BCUT2D eigenvalue weighted by Crippen LogP contribution is 2.33. The smallest absolute Gasteiger partial charge is 0.383 e. The van der Waals surface area contributed by atoms with Crippen molar-refractivity contribution in [2.45, 2.75) is 19.6 Å². The molecule has 0 spiro atoms. The highest BCUT2D eigenvalue weighted by molar-refractivity contribution is 6.05. The van der Waals surface area contributed by atoms with E-state index in [4.69, 9.17) is 5.73 Å². The van der Waals surface area contributed by atoms with Crippen LogP contribution >= 0.6 is 0 Å². The van der Waals surface area contributed by atoms with Crippen LogP contribution in [0.1, 0.15) is 28.5 Å². The molecular formula is C23H20F3N7O3. The number of nitrogens with one attached hydrogen (secondary N) is 1. The Balaban J connectivity index is 1.73. The van der Waals surface area contributed by atoms with Gasteiger partial charge in [-0.15, -0.1) is 5.10 Å². The summed E-state index contributed by atoms with van der Waals surface area (Å²) < 4.78 is 42.1. The fourth-order valence-corrected chi connectivity index (χ4v) is 3.70. The first-order valence-corrected chi connectivity index (χ1v) is 10.7. The zero-order chi connectivity index (χ0) is 26.0. The number of para-hydroxylation sites is 1. The monoisotopic (exact) mass is 499 g/mol. The van der Waals surface area contributed by atoms with Gasteiger partial charge in [0.15, 0.2) is 11.4 Å². The maximum Gasteiger partial charge on any atom is 0.418 e. The van der Waals surface area contributed by atoms with Crippen molar-refractivity contribution in [1.82, 2.24) is 24.5 Å². The van der Waals surface area contributed by atoms with Gasteiger partial charge in [-0.3, -0.25) is 24.0 Å². The maximum absolute atomic E-state index is 13.4. The first kappa shape index (κ1) is 24.4. The van der Waals surface area contributed by atoms with Crippen molar-refractivity contribution in [3.8, 4) is 5.69 Å². The molecule has 13 heteroatoms. The van der Waals surface area contributed by atoms with E-state index in [-0.39, 0.29) is 36.0 Å². The second-order valence-electron chi connectivity index (χ2n) is 7.68. The Labute approximate surface area is 201 Å². The van der Waals surface area contributed by atoms with Crippen molar-refractivity contribution >= 4 is 17.4 Å². The average Bonchev–Trinajstić information content (AvgIpc) is 3.34. The third-order valence-corrected chi connectivity index (χ3v) is 5.40. The molecule has 0 unspecified atom stereocenters. The van der Waals surface area contributed by atoms with Gasteiger partial charge in [0.1, 0.15) is 5.82 Å². The summed E-state index contributed by atoms with van der Waals surface area (Å²) in [4.78, 5) is 41.5. The van der Waals surface area contributed by atoms with Crippen molar-refractivity contribution in [1.29, 1.82) is 0 Å². The number of anilines is 2. The largest absolute Gasteiger partial charge is 0.418 e. The number of halogens is 3. The van der Waals surface area contributed by atoms with Crippen molar-refractivity contribution < 1.29 is 18.0 Å². The van der Waals surface area contributed by atoms with Gasteiger partial charge in [-0.25, -0.2) is 9.48 Å². The standard InChI is InChI=1S/C23H20F3N7O3/c1-2-31(18-19(27)32(22(36)28-20(18)34)12-14-8-4-3-5-9-14)21(35)16-13-33(30-29-16)17-11-7-6-10-15(17)23(24,25)26/h3-11,13H,2,12,27H2,1H3,(H,28,34,36). The third-order valence-electron chi connectivity index (χ3n) is 5.40. The van der Waals surface area contributed by atoms with Crippen LogP contribution in [-0.4, -0.2) is 37.0 Å². The van der Waals surface area contributed by atoms with Gasteiger partial charge < -0.3 is 5.73 Å². The predicted molar refractivity (Wildman–Crippen MR) is 125 cm³/mol. The van der Waals surface area contributed by atoms with Crippen molar-refractivity contribution in [2.75, 3.05) is 17.2 Å². The van der Waals surface area contributed by atoms with Crippen molar-refractivity contribution in [3.05, 3.63) is 98.5 Å². The minimum atomic E-state index is -4.66. The highest BCUT2D eigenvalue weighted by atomic mass is 19.4. The molecule has 2 aromatic heterocycles. The lowest BCUT2D eigenvalue weighted by atomic mass is 10.1. The van der Waals surface area contributed by atoms with Crippen LogP contribution in [0.3, 0.4) is 0 Å². The highest BCUT2D eigenvalue weighted by Gasteiger charge is 2.34. The number of nitrogen functional groups attached to an aromatic ring is 1. The Morgan fingerprint density at radius 2 is 1.75 bits per heavy atom. The van der Waals surface area contributed by atoms with E-state index in [0.717, 1.165) is 32.0 Å². The first-order valence-electron chi connectivity index (χ1n) is 10.7. The summed E-state index contributed by atoms with van der Waals surface area (Å²) in [7, 11) is 0. The number of hydrogen-bond acceptors (Lipinski definition) is 6. The molecule has 0 saturated carbocycles. The molecule has 0 fully saturated rings. The Kier molecular flexibility index (Phi) is 6.47. The van der Waals surface area contributed by atoms with Crippen LogP contribution in [0.5, 0.6) is 0 Å². The zero-order valence-corrected chi connectivity index (χ0v) is 18.9. The molecule has 10 nitrogen and oxygen atoms in total. The molecule has 0 aliphatic rings. The predicted octanol–water partition coefficient (Wildman–Crippen LogP) is 2.43. The molecule has 0 atom stereocenters. The Morgan fingerprint density at radius 1 is 1.08 bits per heavy atom. The van der Waals surface area contributed by atoms with Gasteiger partial charge in [0.2, 0.25) is 0 Å². The van der Waals surface area contributed by atoms with Crippen LogP contribution in [0.25, 0.3) is 5.69 Å². The maximum atomic E-state index is 13.4. The number of nitrogens with two attached hydrogens (primary N) is 1. The molecule has 4 aromatic rings. The van der Waals surface area contributed by atoms with Crippen LogP contribution < -0.4 is 21.9 Å². The van der Waals surface area contributed by atoms with E-state index in [1.807, 2.05) is 0 Å². The van der Waals surface area contributed by atoms with E-state index in [2.05, 4.69) is 15.3 Å². The lowest BCUT2D eigenvalue weighted by molar-refractivity contribution is -0.137. The Hall–Kier alpha value is -4.68. The molecule has 0 aliphatic carbocycles. The summed E-state index contributed by atoms with van der Waals surface area (Å²) in [5, 5.41) is 7.38. The van der Waals surface area contributed by atoms with Gasteiger partial charge in [-0.2, -0.15) is 13.2 Å². The fourth-order valence-electron chi connectivity index (χ4n) is 3.70. The number of aromatic nitrogens is 5. The minimum absolute atomic E-state index is 0.0332. The summed E-state index contributed by atoms with van der Waals surface area (Å²) >= 11 is 0. The van der Waals surface area contributed by atoms with E-state index >= 15 is 0 Å². The molecule has 2 heterocycles. The molecule has 0 saturated heterocycles. The second-order valence-corrected chi connectivity index (χ2v) is 7.68. The molecule has 186 valence electrons. The number of aromatic amines is 1. The van der Waals surface area contributed by atoms with Crippen LogP contribution in [0.4, 0.5) is 24.7 Å². The zero-order valence-electron chi connectivity index (χ0n) is 18.9. The summed E-state index contributed by atoms with van der Waals surface area (Å²) in [5.74, 6) is -1.09. The number of carbonyl (C=O) groups excluding carboxylic acids is 1. The van der Waals surface area contributed by atoms with E-state index in [1.54, 1.807) is 37.3 Å². The van der Waals surface area contributed by atoms with Gasteiger partial charge in [-0.1, -0.05) is 47.7 Å². The first-order chi connectivity index (χ1) is 17.1. The number of H-pyrrole nitrogens is 1. The van der Waals surface area contributed by atoms with E-state index < -0.39 is 28.9 Å². The normalized spacial score (nSPS) is 11.4. The lowest BCUT2D eigenvalue weighted by Crippen LogP contribution is -2.41. The van der Waals surface area contributed by atoms with E-state index in [9.17, 15) is 27.6 Å². The molecule has 36 heavy (non-hydrogen) atoms. The van der Waals surface area contributed by atoms with Crippen LogP contribution in [-0.2, 0) is 12.7 Å². The number of benzene rings is 2. The molecule has 2 aromatic carbocycles. The topological polar surface area (TPSA) is 132 Å². The van der Waals surface area contributed by atoms with Gasteiger partial charge >= 0.3 is 11.9 Å².